The topological polar surface area (TPSA) is 269 Å². The SMILES string of the molecule is CCc1ccc(NC(=O)OCC2(C(=O)NCc3ncc[nH]3)CCN(C(=O)CN)CC2)cc1.CCc1ccc(NC(=O)OCC2(C(=O)NCc3ncccc3C)CCN(C(=O)CN)CC2)cc1. The molecule has 0 aliphatic carbocycles. The highest BCUT2D eigenvalue weighted by atomic mass is 16.6. The number of nitrogens with one attached hydrogen (secondary N) is 5. The standard InChI is InChI=1S/C25H33N5O4.C22H30N6O4/c1-3-19-6-8-20(9-7-19)29-24(33)34-17-25(10-13-30(14-11-25)22(31)15-26)23(32)28-16-21-18(2)5-4-12-27-21;1-2-16-3-5-17(6-4-16)27-21(31)32-15-22(7-11-28(12-8-22)19(29)13-23)20(30)26-14-18-24-9-10-25-18/h4-9,12H,3,10-11,13-17,26H2,1-2H3,(H,28,32)(H,29,33);3-6,9-10H,2,7-8,11-15,23H2,1H3,(H,24,25)(H,26,30)(H,27,31). The van der Waals surface area contributed by atoms with E-state index in [0.717, 1.165) is 35.2 Å². The Kier molecular flexibility index (Phi) is 18.6. The third-order valence-electron chi connectivity index (χ3n) is 12.1. The Morgan fingerprint density at radius 3 is 1.50 bits per heavy atom. The van der Waals surface area contributed by atoms with E-state index in [0.29, 0.717) is 69.1 Å². The van der Waals surface area contributed by atoms with Crippen molar-refractivity contribution < 1.29 is 38.2 Å². The van der Waals surface area contributed by atoms with Crippen molar-refractivity contribution in [2.24, 2.45) is 22.3 Å². The van der Waals surface area contributed by atoms with Crippen LogP contribution in [0.25, 0.3) is 0 Å². The number of aromatic nitrogens is 3. The minimum absolute atomic E-state index is 0.0755. The van der Waals surface area contributed by atoms with E-state index in [1.165, 1.54) is 0 Å². The molecule has 354 valence electrons. The lowest BCUT2D eigenvalue weighted by Gasteiger charge is -2.40. The smallest absolute Gasteiger partial charge is 0.411 e. The Bertz CT molecular complexity index is 2220. The number of hydrogen-bond acceptors (Lipinski definition) is 12. The van der Waals surface area contributed by atoms with Crippen LogP contribution in [-0.4, -0.2) is 113 Å². The molecule has 2 aromatic heterocycles. The van der Waals surface area contributed by atoms with E-state index in [-0.39, 0.29) is 63.0 Å². The number of piperidine rings is 2. The number of hydrogen-bond donors (Lipinski definition) is 7. The third kappa shape index (κ3) is 14.1. The first-order valence-corrected chi connectivity index (χ1v) is 22.3. The predicted octanol–water partition coefficient (Wildman–Crippen LogP) is 3.79. The van der Waals surface area contributed by atoms with Crippen LogP contribution in [0.5, 0.6) is 0 Å². The first-order chi connectivity index (χ1) is 31.8. The highest BCUT2D eigenvalue weighted by molar-refractivity contribution is 5.88. The molecule has 66 heavy (non-hydrogen) atoms. The maximum atomic E-state index is 13.3. The highest BCUT2D eigenvalue weighted by Gasteiger charge is 2.45. The Morgan fingerprint density at radius 1 is 0.652 bits per heavy atom. The van der Waals surface area contributed by atoms with E-state index in [4.69, 9.17) is 20.9 Å². The van der Waals surface area contributed by atoms with E-state index in [2.05, 4.69) is 50.1 Å². The summed E-state index contributed by atoms with van der Waals surface area (Å²) in [5.41, 5.74) is 14.4. The number of anilines is 2. The number of imidazole rings is 1. The van der Waals surface area contributed by atoms with Crippen LogP contribution in [0.2, 0.25) is 0 Å². The molecule has 0 bridgehead atoms. The number of nitrogens with zero attached hydrogens (tertiary/aromatic N) is 4. The molecule has 2 fully saturated rings. The molecular formula is C47H63N11O8. The number of H-pyrrole nitrogens is 1. The molecule has 0 unspecified atom stereocenters. The molecule has 0 spiro atoms. The van der Waals surface area contributed by atoms with Crippen LogP contribution in [0.15, 0.2) is 79.3 Å². The summed E-state index contributed by atoms with van der Waals surface area (Å²) >= 11 is 0. The lowest BCUT2D eigenvalue weighted by molar-refractivity contribution is -0.142. The monoisotopic (exact) mass is 909 g/mol. The average molecular weight is 910 g/mol. The lowest BCUT2D eigenvalue weighted by Crippen LogP contribution is -2.53. The molecule has 19 heteroatoms. The van der Waals surface area contributed by atoms with Crippen molar-refractivity contribution in [3.05, 3.63) is 107 Å². The summed E-state index contributed by atoms with van der Waals surface area (Å²) in [5, 5.41) is 11.2. The van der Waals surface area contributed by atoms with E-state index >= 15 is 0 Å². The lowest BCUT2D eigenvalue weighted by atomic mass is 9.78. The van der Waals surface area contributed by atoms with Crippen molar-refractivity contribution in [3.8, 4) is 0 Å². The van der Waals surface area contributed by atoms with Gasteiger partial charge in [-0.2, -0.15) is 0 Å². The van der Waals surface area contributed by atoms with Crippen LogP contribution in [0.4, 0.5) is 21.0 Å². The van der Waals surface area contributed by atoms with Crippen LogP contribution in [0, 0.1) is 17.8 Å². The van der Waals surface area contributed by atoms with E-state index < -0.39 is 23.0 Å². The molecule has 2 aliphatic rings. The van der Waals surface area contributed by atoms with Gasteiger partial charge >= 0.3 is 12.2 Å². The fraction of sp³-hybridized carbons (Fsp3) is 0.447. The number of ether oxygens (including phenoxy) is 2. The van der Waals surface area contributed by atoms with Crippen LogP contribution < -0.4 is 32.7 Å². The van der Waals surface area contributed by atoms with Crippen molar-refractivity contribution in [2.75, 3.05) is 63.1 Å². The zero-order chi connectivity index (χ0) is 47.5. The number of amides is 6. The summed E-state index contributed by atoms with van der Waals surface area (Å²) in [5.74, 6) is -0.166. The summed E-state index contributed by atoms with van der Waals surface area (Å²) in [7, 11) is 0. The van der Waals surface area contributed by atoms with Gasteiger partial charge in [0.05, 0.1) is 42.7 Å². The van der Waals surface area contributed by atoms with Crippen LogP contribution in [-0.2, 0) is 54.6 Å². The summed E-state index contributed by atoms with van der Waals surface area (Å²) in [6, 6.07) is 18.8. The first kappa shape index (κ1) is 50.1. The van der Waals surface area contributed by atoms with Crippen molar-refractivity contribution >= 4 is 47.2 Å². The van der Waals surface area contributed by atoms with Crippen LogP contribution in [0.1, 0.15) is 67.7 Å². The molecule has 19 nitrogen and oxygen atoms in total. The summed E-state index contributed by atoms with van der Waals surface area (Å²) in [6.45, 7) is 7.69. The molecule has 4 heterocycles. The zero-order valence-electron chi connectivity index (χ0n) is 38.0. The molecule has 9 N–H and O–H groups in total. The Labute approximate surface area is 385 Å². The molecule has 6 amide bonds. The second kappa shape index (κ2) is 24.4. The Balaban J connectivity index is 0.000000248. The van der Waals surface area contributed by atoms with Gasteiger partial charge in [0.25, 0.3) is 0 Å². The number of aryl methyl sites for hydroxylation is 3. The van der Waals surface area contributed by atoms with E-state index in [1.807, 2.05) is 67.6 Å². The molecule has 0 atom stereocenters. The first-order valence-electron chi connectivity index (χ1n) is 22.3. The van der Waals surface area contributed by atoms with Gasteiger partial charge in [-0.15, -0.1) is 0 Å². The van der Waals surface area contributed by atoms with Gasteiger partial charge in [-0.05, 0) is 92.5 Å². The van der Waals surface area contributed by atoms with Crippen LogP contribution in [0.3, 0.4) is 0 Å². The molecule has 0 radical (unpaired) electrons. The summed E-state index contributed by atoms with van der Waals surface area (Å²) < 4.78 is 11.0. The number of rotatable bonds is 16. The minimum Gasteiger partial charge on any atom is -0.448 e. The number of likely N-dealkylation sites (tertiary alicyclic amines) is 2. The number of benzene rings is 2. The van der Waals surface area contributed by atoms with Gasteiger partial charge < -0.3 is 46.4 Å². The van der Waals surface area contributed by atoms with Crippen molar-refractivity contribution in [3.63, 3.8) is 0 Å². The Hall–Kier alpha value is -6.86. The largest absolute Gasteiger partial charge is 0.448 e. The molecule has 0 saturated carbocycles. The normalized spacial score (nSPS) is 15.0. The summed E-state index contributed by atoms with van der Waals surface area (Å²) in [4.78, 5) is 89.8. The summed E-state index contributed by atoms with van der Waals surface area (Å²) in [6.07, 6.45) is 6.97. The van der Waals surface area contributed by atoms with Gasteiger partial charge in [-0.25, -0.2) is 14.6 Å². The number of pyridine rings is 1. The molecular weight excluding hydrogens is 847 g/mol. The molecule has 2 saturated heterocycles. The molecule has 6 rings (SSSR count). The van der Waals surface area contributed by atoms with Crippen molar-refractivity contribution in [2.45, 2.75) is 72.4 Å². The van der Waals surface area contributed by atoms with Gasteiger partial charge in [-0.3, -0.25) is 34.8 Å². The Morgan fingerprint density at radius 2 is 1.11 bits per heavy atom. The van der Waals surface area contributed by atoms with Gasteiger partial charge in [-0.1, -0.05) is 44.2 Å². The second-order valence-corrected chi connectivity index (χ2v) is 16.4. The fourth-order valence-electron chi connectivity index (χ4n) is 7.66. The second-order valence-electron chi connectivity index (χ2n) is 16.4. The number of nitrogens with two attached hydrogens (primary N) is 2. The van der Waals surface area contributed by atoms with Crippen LogP contribution >= 0.6 is 0 Å². The van der Waals surface area contributed by atoms with Gasteiger partial charge in [0.15, 0.2) is 0 Å². The van der Waals surface area contributed by atoms with Gasteiger partial charge in [0.1, 0.15) is 19.0 Å². The number of carbonyl (C=O) groups excluding carboxylic acids is 6. The number of carbonyl (C=O) groups is 6. The van der Waals surface area contributed by atoms with E-state index in [1.54, 1.807) is 28.4 Å². The fourth-order valence-corrected chi connectivity index (χ4v) is 7.66. The molecule has 2 aliphatic heterocycles. The maximum absolute atomic E-state index is 13.3. The zero-order valence-corrected chi connectivity index (χ0v) is 38.0. The van der Waals surface area contributed by atoms with Gasteiger partial charge in [0, 0.05) is 56.1 Å². The van der Waals surface area contributed by atoms with Crippen molar-refractivity contribution in [1.29, 1.82) is 0 Å². The van der Waals surface area contributed by atoms with Crippen molar-refractivity contribution in [1.82, 2.24) is 35.4 Å². The maximum Gasteiger partial charge on any atom is 0.411 e. The highest BCUT2D eigenvalue weighted by Crippen LogP contribution is 2.34. The average Bonchev–Trinajstić information content (AvgIpc) is 3.88. The minimum atomic E-state index is -0.947. The quantitative estimate of drug-likeness (QED) is 0.0847. The van der Waals surface area contributed by atoms with E-state index in [9.17, 15) is 28.8 Å². The third-order valence-corrected chi connectivity index (χ3v) is 12.1. The molecule has 2 aromatic carbocycles. The number of aromatic amines is 1. The molecule has 4 aromatic rings. The van der Waals surface area contributed by atoms with Gasteiger partial charge in [0.2, 0.25) is 23.6 Å². The predicted molar refractivity (Wildman–Crippen MR) is 247 cm³/mol.